The smallest absolute Gasteiger partial charge is 0.338 e. The van der Waals surface area contributed by atoms with Crippen LogP contribution in [0, 0.1) is 5.82 Å². The van der Waals surface area contributed by atoms with Crippen LogP contribution < -0.4 is 18.9 Å². The molecule has 258 valence electrons. The van der Waals surface area contributed by atoms with Crippen LogP contribution in [0.15, 0.2) is 127 Å². The zero-order valence-corrected chi connectivity index (χ0v) is 28.6. The molecular formula is C42H35FO8. The Morgan fingerprint density at radius 2 is 0.882 bits per heavy atom. The Bertz CT molecular complexity index is 2140. The Balaban J connectivity index is 1.58. The van der Waals surface area contributed by atoms with Crippen LogP contribution in [0.4, 0.5) is 4.39 Å². The van der Waals surface area contributed by atoms with Crippen molar-refractivity contribution in [1.82, 2.24) is 0 Å². The lowest BCUT2D eigenvalue weighted by molar-refractivity contribution is -0.131. The number of ether oxygens (including phenoxy) is 4. The number of benzene rings is 4. The molecule has 0 atom stereocenters. The molecule has 0 bridgehead atoms. The number of hydrogen-bond acceptors (Lipinski definition) is 8. The first kappa shape index (κ1) is 37.2. The van der Waals surface area contributed by atoms with Gasteiger partial charge in [-0.25, -0.2) is 23.6 Å². The van der Waals surface area contributed by atoms with Crippen LogP contribution in [-0.4, -0.2) is 23.9 Å². The van der Waals surface area contributed by atoms with E-state index in [-0.39, 0.29) is 56.4 Å². The SMILES string of the molecule is C=C(C)C(=O)Oc1ccc(-c2ccc(/C=C/c3ccc(-c4ccc(OC(=O)C(=C)C)cc4OC(=O)C(=C)C)c(F)c3)cc2)c(OC(=O)C(=C)C)c1. The summed E-state index contributed by atoms with van der Waals surface area (Å²) in [5.41, 5.74) is 3.78. The van der Waals surface area contributed by atoms with Gasteiger partial charge < -0.3 is 18.9 Å². The lowest BCUT2D eigenvalue weighted by atomic mass is 10.0. The van der Waals surface area contributed by atoms with Gasteiger partial charge in [0.2, 0.25) is 0 Å². The molecule has 9 heteroatoms. The van der Waals surface area contributed by atoms with Gasteiger partial charge in [0.15, 0.2) is 0 Å². The molecule has 0 fully saturated rings. The third kappa shape index (κ3) is 9.73. The van der Waals surface area contributed by atoms with Crippen molar-refractivity contribution >= 4 is 36.0 Å². The minimum atomic E-state index is -0.726. The number of carbonyl (C=O) groups is 4. The van der Waals surface area contributed by atoms with E-state index in [1.807, 2.05) is 24.3 Å². The second-order valence-corrected chi connectivity index (χ2v) is 11.7. The largest absolute Gasteiger partial charge is 0.423 e. The van der Waals surface area contributed by atoms with Gasteiger partial charge in [0.05, 0.1) is 0 Å². The van der Waals surface area contributed by atoms with Crippen LogP contribution in [0.25, 0.3) is 34.4 Å². The number of esters is 4. The summed E-state index contributed by atoms with van der Waals surface area (Å²) in [7, 11) is 0. The molecule has 51 heavy (non-hydrogen) atoms. The van der Waals surface area contributed by atoms with E-state index >= 15 is 4.39 Å². The average Bonchev–Trinajstić information content (AvgIpc) is 3.08. The Hall–Kier alpha value is -6.61. The normalized spacial score (nSPS) is 10.6. The highest BCUT2D eigenvalue weighted by atomic mass is 19.1. The Labute approximate surface area is 295 Å². The van der Waals surface area contributed by atoms with E-state index in [0.717, 1.165) is 5.56 Å². The van der Waals surface area contributed by atoms with Crippen LogP contribution >= 0.6 is 0 Å². The van der Waals surface area contributed by atoms with Crippen molar-refractivity contribution in [1.29, 1.82) is 0 Å². The molecule has 0 aromatic heterocycles. The number of halogens is 1. The molecule has 4 rings (SSSR count). The summed E-state index contributed by atoms with van der Waals surface area (Å²) >= 11 is 0. The second-order valence-electron chi connectivity index (χ2n) is 11.7. The van der Waals surface area contributed by atoms with E-state index < -0.39 is 29.7 Å². The number of rotatable bonds is 12. The van der Waals surface area contributed by atoms with Gasteiger partial charge in [-0.1, -0.05) is 74.9 Å². The zero-order valence-electron chi connectivity index (χ0n) is 28.6. The summed E-state index contributed by atoms with van der Waals surface area (Å²) in [5.74, 6) is -2.79. The van der Waals surface area contributed by atoms with Crippen LogP contribution in [0.1, 0.15) is 38.8 Å². The zero-order chi connectivity index (χ0) is 37.4. The van der Waals surface area contributed by atoms with Crippen LogP contribution in [0.3, 0.4) is 0 Å². The molecule has 8 nitrogen and oxygen atoms in total. The van der Waals surface area contributed by atoms with E-state index in [0.29, 0.717) is 16.7 Å². The van der Waals surface area contributed by atoms with Crippen molar-refractivity contribution in [2.45, 2.75) is 27.7 Å². The van der Waals surface area contributed by atoms with E-state index in [1.54, 1.807) is 36.4 Å². The topological polar surface area (TPSA) is 105 Å². The highest BCUT2D eigenvalue weighted by Gasteiger charge is 2.18. The average molecular weight is 687 g/mol. The minimum Gasteiger partial charge on any atom is -0.423 e. The fourth-order valence-electron chi connectivity index (χ4n) is 4.34. The molecule has 0 heterocycles. The van der Waals surface area contributed by atoms with Gasteiger partial charge in [0, 0.05) is 51.1 Å². The first-order valence-electron chi connectivity index (χ1n) is 15.5. The first-order valence-corrected chi connectivity index (χ1v) is 15.5. The van der Waals surface area contributed by atoms with Gasteiger partial charge >= 0.3 is 23.9 Å². The van der Waals surface area contributed by atoms with Crippen molar-refractivity contribution < 1.29 is 42.5 Å². The van der Waals surface area contributed by atoms with Crippen molar-refractivity contribution in [2.75, 3.05) is 0 Å². The fourth-order valence-corrected chi connectivity index (χ4v) is 4.34. The quantitative estimate of drug-likeness (QED) is 0.0629. The first-order chi connectivity index (χ1) is 24.1. The van der Waals surface area contributed by atoms with E-state index in [9.17, 15) is 19.2 Å². The van der Waals surface area contributed by atoms with Crippen LogP contribution in [0.5, 0.6) is 23.0 Å². The van der Waals surface area contributed by atoms with Crippen LogP contribution in [0.2, 0.25) is 0 Å². The molecule has 4 aromatic rings. The van der Waals surface area contributed by atoms with Crippen molar-refractivity contribution in [3.63, 3.8) is 0 Å². The van der Waals surface area contributed by atoms with E-state index in [2.05, 4.69) is 26.3 Å². The van der Waals surface area contributed by atoms with Gasteiger partial charge in [0.25, 0.3) is 0 Å². The molecule has 0 unspecified atom stereocenters. The number of carbonyl (C=O) groups excluding carboxylic acids is 4. The molecule has 0 N–H and O–H groups in total. The Kier molecular flexibility index (Phi) is 11.8. The maximum atomic E-state index is 15.5. The molecular weight excluding hydrogens is 651 g/mol. The Morgan fingerprint density at radius 3 is 1.35 bits per heavy atom. The molecule has 0 amide bonds. The summed E-state index contributed by atoms with van der Waals surface area (Å²) in [5, 5.41) is 0. The Morgan fingerprint density at radius 1 is 0.490 bits per heavy atom. The van der Waals surface area contributed by atoms with Gasteiger partial charge in [0.1, 0.15) is 28.8 Å². The van der Waals surface area contributed by atoms with Gasteiger partial charge in [-0.05, 0) is 74.7 Å². The summed E-state index contributed by atoms with van der Waals surface area (Å²) in [6.45, 7) is 20.4. The summed E-state index contributed by atoms with van der Waals surface area (Å²) in [6, 6.07) is 20.9. The van der Waals surface area contributed by atoms with Gasteiger partial charge in [-0.15, -0.1) is 0 Å². The number of hydrogen-bond donors (Lipinski definition) is 0. The third-order valence-electron chi connectivity index (χ3n) is 7.10. The third-order valence-corrected chi connectivity index (χ3v) is 7.10. The molecule has 0 saturated heterocycles. The van der Waals surface area contributed by atoms with Crippen molar-refractivity contribution in [3.8, 4) is 45.3 Å². The lowest BCUT2D eigenvalue weighted by Crippen LogP contribution is -2.11. The van der Waals surface area contributed by atoms with Crippen molar-refractivity contribution in [2.24, 2.45) is 0 Å². The molecule has 0 radical (unpaired) electrons. The standard InChI is InChI=1S/C42H35FO8/c1-24(2)39(44)48-31-16-19-33(37(22-31)50-41(46)26(5)6)30-14-11-28(12-15-30)9-10-29-13-18-34(36(43)21-29)35-20-17-32(49-40(45)25(3)4)23-38(35)51-42(47)27(7)8/h9-23H,1,3,5,7H2,2,4,6,8H3/b10-9+. The second kappa shape index (κ2) is 16.2. The van der Waals surface area contributed by atoms with Crippen LogP contribution in [-0.2, 0) is 19.2 Å². The fraction of sp³-hybridized carbons (Fsp3) is 0.0952. The maximum Gasteiger partial charge on any atom is 0.338 e. The van der Waals surface area contributed by atoms with Gasteiger partial charge in [-0.2, -0.15) is 0 Å². The maximum absolute atomic E-state index is 15.5. The van der Waals surface area contributed by atoms with Gasteiger partial charge in [-0.3, -0.25) is 0 Å². The minimum absolute atomic E-state index is 0.0163. The van der Waals surface area contributed by atoms with Crippen molar-refractivity contribution in [3.05, 3.63) is 144 Å². The summed E-state index contributed by atoms with van der Waals surface area (Å²) < 4.78 is 37.1. The highest BCUT2D eigenvalue weighted by Crippen LogP contribution is 2.37. The predicted molar refractivity (Wildman–Crippen MR) is 194 cm³/mol. The van der Waals surface area contributed by atoms with E-state index in [4.69, 9.17) is 18.9 Å². The molecule has 4 aromatic carbocycles. The summed E-state index contributed by atoms with van der Waals surface area (Å²) in [4.78, 5) is 48.8. The lowest BCUT2D eigenvalue weighted by Gasteiger charge is -2.13. The summed E-state index contributed by atoms with van der Waals surface area (Å²) in [6.07, 6.45) is 3.53. The highest BCUT2D eigenvalue weighted by molar-refractivity contribution is 5.92. The molecule has 0 saturated carbocycles. The molecule has 0 spiro atoms. The monoisotopic (exact) mass is 686 g/mol. The molecule has 0 aliphatic carbocycles. The predicted octanol–water partition coefficient (Wildman–Crippen LogP) is 9.26. The molecule has 0 aliphatic rings. The molecule has 0 aliphatic heterocycles. The van der Waals surface area contributed by atoms with E-state index in [1.165, 1.54) is 58.0 Å².